The van der Waals surface area contributed by atoms with Crippen molar-refractivity contribution in [1.29, 1.82) is 0 Å². The van der Waals surface area contributed by atoms with E-state index in [9.17, 15) is 18.0 Å². The zero-order valence-corrected chi connectivity index (χ0v) is 16.1. The Morgan fingerprint density at radius 2 is 1.85 bits per heavy atom. The fourth-order valence-corrected chi connectivity index (χ4v) is 2.48. The standard InChI is InChI=1S/C16H19F3N4O.2ClH/c1-9-14(10(2)23(3)22-9)7-15(24)21-13-5-11(8-20)4-12(6-13)16(17,18)19;;/h4-6H,7-8,20H2,1-3H3,(H,21,24);2*1H. The van der Waals surface area contributed by atoms with Crippen LogP contribution in [0.25, 0.3) is 0 Å². The van der Waals surface area contributed by atoms with Crippen LogP contribution < -0.4 is 11.1 Å². The number of aryl methyl sites for hydroxylation is 2. The topological polar surface area (TPSA) is 72.9 Å². The van der Waals surface area contributed by atoms with Crippen LogP contribution in [0.5, 0.6) is 0 Å². The van der Waals surface area contributed by atoms with Crippen molar-refractivity contribution in [2.45, 2.75) is 33.0 Å². The molecule has 26 heavy (non-hydrogen) atoms. The molecule has 0 aliphatic rings. The van der Waals surface area contributed by atoms with Crippen LogP contribution >= 0.6 is 24.8 Å². The lowest BCUT2D eigenvalue weighted by Gasteiger charge is -2.12. The second-order valence-corrected chi connectivity index (χ2v) is 5.62. The highest BCUT2D eigenvalue weighted by Crippen LogP contribution is 2.32. The third-order valence-electron chi connectivity index (χ3n) is 3.84. The number of amides is 1. The normalized spacial score (nSPS) is 10.7. The number of halogens is 5. The smallest absolute Gasteiger partial charge is 0.326 e. The summed E-state index contributed by atoms with van der Waals surface area (Å²) in [7, 11) is 1.77. The molecule has 0 saturated carbocycles. The number of benzene rings is 1. The molecule has 2 rings (SSSR count). The van der Waals surface area contributed by atoms with Crippen LogP contribution in [-0.2, 0) is 31.0 Å². The number of aromatic nitrogens is 2. The summed E-state index contributed by atoms with van der Waals surface area (Å²) in [6, 6.07) is 3.32. The highest BCUT2D eigenvalue weighted by molar-refractivity contribution is 5.92. The van der Waals surface area contributed by atoms with Crippen molar-refractivity contribution in [2.24, 2.45) is 12.8 Å². The molecule has 1 aromatic heterocycles. The minimum absolute atomic E-state index is 0. The molecule has 3 N–H and O–H groups in total. The summed E-state index contributed by atoms with van der Waals surface area (Å²) in [5.74, 6) is -0.406. The van der Waals surface area contributed by atoms with Gasteiger partial charge in [-0.3, -0.25) is 9.48 Å². The number of nitrogens with two attached hydrogens (primary N) is 1. The first-order chi connectivity index (χ1) is 11.1. The van der Waals surface area contributed by atoms with Gasteiger partial charge in [0.05, 0.1) is 17.7 Å². The molecule has 2 aromatic rings. The Morgan fingerprint density at radius 3 is 2.31 bits per heavy atom. The Bertz CT molecular complexity index is 776. The molecule has 0 radical (unpaired) electrons. The molecule has 0 bridgehead atoms. The molecule has 0 fully saturated rings. The van der Waals surface area contributed by atoms with Crippen molar-refractivity contribution >= 4 is 36.4 Å². The van der Waals surface area contributed by atoms with E-state index in [0.29, 0.717) is 5.56 Å². The van der Waals surface area contributed by atoms with Crippen molar-refractivity contribution in [2.75, 3.05) is 5.32 Å². The fourth-order valence-electron chi connectivity index (χ4n) is 2.48. The van der Waals surface area contributed by atoms with Gasteiger partial charge in [0, 0.05) is 30.5 Å². The Kier molecular flexibility index (Phi) is 8.62. The number of carbonyl (C=O) groups is 1. The van der Waals surface area contributed by atoms with Crippen LogP contribution in [0.1, 0.15) is 28.1 Å². The van der Waals surface area contributed by atoms with Crippen molar-refractivity contribution in [3.05, 3.63) is 46.3 Å². The Morgan fingerprint density at radius 1 is 1.23 bits per heavy atom. The van der Waals surface area contributed by atoms with E-state index < -0.39 is 17.6 Å². The predicted octanol–water partition coefficient (Wildman–Crippen LogP) is 3.54. The van der Waals surface area contributed by atoms with Crippen LogP contribution in [0.3, 0.4) is 0 Å². The second kappa shape index (κ2) is 9.25. The van der Waals surface area contributed by atoms with Gasteiger partial charge in [-0.15, -0.1) is 24.8 Å². The zero-order chi connectivity index (χ0) is 18.1. The number of hydrogen-bond acceptors (Lipinski definition) is 3. The van der Waals surface area contributed by atoms with E-state index >= 15 is 0 Å². The molecule has 5 nitrogen and oxygen atoms in total. The summed E-state index contributed by atoms with van der Waals surface area (Å²) in [6.45, 7) is 3.57. The van der Waals surface area contributed by atoms with Gasteiger partial charge < -0.3 is 11.1 Å². The van der Waals surface area contributed by atoms with Crippen LogP contribution in [0, 0.1) is 13.8 Å². The lowest BCUT2D eigenvalue weighted by Crippen LogP contribution is -2.17. The van der Waals surface area contributed by atoms with E-state index in [2.05, 4.69) is 10.4 Å². The molecule has 10 heteroatoms. The van der Waals surface area contributed by atoms with Gasteiger partial charge in [-0.05, 0) is 37.6 Å². The predicted molar refractivity (Wildman–Crippen MR) is 98.8 cm³/mol. The van der Waals surface area contributed by atoms with Crippen molar-refractivity contribution in [3.63, 3.8) is 0 Å². The van der Waals surface area contributed by atoms with Crippen molar-refractivity contribution in [3.8, 4) is 0 Å². The largest absolute Gasteiger partial charge is 0.416 e. The van der Waals surface area contributed by atoms with Crippen LogP contribution in [0.2, 0.25) is 0 Å². The van der Waals surface area contributed by atoms with E-state index in [0.717, 1.165) is 29.1 Å². The summed E-state index contributed by atoms with van der Waals surface area (Å²) in [5, 5.41) is 6.73. The SMILES string of the molecule is Cc1nn(C)c(C)c1CC(=O)Nc1cc(CN)cc(C(F)(F)F)c1.Cl.Cl. The van der Waals surface area contributed by atoms with Gasteiger partial charge in [0.1, 0.15) is 0 Å². The van der Waals surface area contributed by atoms with Gasteiger partial charge in [0.15, 0.2) is 0 Å². The van der Waals surface area contributed by atoms with Gasteiger partial charge in [0.2, 0.25) is 5.91 Å². The maximum Gasteiger partial charge on any atom is 0.416 e. The van der Waals surface area contributed by atoms with Gasteiger partial charge in [-0.2, -0.15) is 18.3 Å². The number of nitrogens with zero attached hydrogens (tertiary/aromatic N) is 2. The summed E-state index contributed by atoms with van der Waals surface area (Å²) in [6.07, 6.45) is -4.46. The van der Waals surface area contributed by atoms with Crippen LogP contribution in [0.4, 0.5) is 18.9 Å². The van der Waals surface area contributed by atoms with Gasteiger partial charge in [0.25, 0.3) is 0 Å². The van der Waals surface area contributed by atoms with Gasteiger partial charge in [-0.25, -0.2) is 0 Å². The summed E-state index contributed by atoms with van der Waals surface area (Å²) < 4.78 is 40.4. The molecule has 0 spiro atoms. The molecular formula is C16H21Cl2F3N4O. The second-order valence-electron chi connectivity index (χ2n) is 5.62. The van der Waals surface area contributed by atoms with Crippen LogP contribution in [-0.4, -0.2) is 15.7 Å². The van der Waals surface area contributed by atoms with Crippen molar-refractivity contribution < 1.29 is 18.0 Å². The number of rotatable bonds is 4. The first kappa shape index (κ1) is 24.2. The highest BCUT2D eigenvalue weighted by Gasteiger charge is 2.31. The summed E-state index contributed by atoms with van der Waals surface area (Å²) >= 11 is 0. The molecule has 1 amide bonds. The molecular weight excluding hydrogens is 392 g/mol. The summed E-state index contributed by atoms with van der Waals surface area (Å²) in [5.41, 5.74) is 7.30. The number of carbonyl (C=O) groups excluding carboxylic acids is 1. The zero-order valence-electron chi connectivity index (χ0n) is 14.5. The van der Waals surface area contributed by atoms with E-state index in [1.807, 2.05) is 6.92 Å². The van der Waals surface area contributed by atoms with E-state index in [-0.39, 0.29) is 43.5 Å². The molecule has 0 unspecified atom stereocenters. The Hall–Kier alpha value is -1.77. The quantitative estimate of drug-likeness (QED) is 0.806. The molecule has 1 aromatic carbocycles. The molecule has 0 aliphatic heterocycles. The minimum atomic E-state index is -4.50. The van der Waals surface area contributed by atoms with Gasteiger partial charge in [-0.1, -0.05) is 0 Å². The van der Waals surface area contributed by atoms with E-state index in [4.69, 9.17) is 5.73 Å². The lowest BCUT2D eigenvalue weighted by atomic mass is 10.1. The fraction of sp³-hybridized carbons (Fsp3) is 0.375. The average Bonchev–Trinajstić information content (AvgIpc) is 2.72. The van der Waals surface area contributed by atoms with E-state index in [1.54, 1.807) is 18.7 Å². The number of hydrogen-bond donors (Lipinski definition) is 2. The Balaban J connectivity index is 0.00000312. The number of alkyl halides is 3. The summed E-state index contributed by atoms with van der Waals surface area (Å²) in [4.78, 5) is 12.2. The maximum absolute atomic E-state index is 12.9. The first-order valence-corrected chi connectivity index (χ1v) is 7.32. The highest BCUT2D eigenvalue weighted by atomic mass is 35.5. The third kappa shape index (κ3) is 5.62. The maximum atomic E-state index is 12.9. The third-order valence-corrected chi connectivity index (χ3v) is 3.84. The van der Waals surface area contributed by atoms with Crippen LogP contribution in [0.15, 0.2) is 18.2 Å². The first-order valence-electron chi connectivity index (χ1n) is 7.32. The lowest BCUT2D eigenvalue weighted by molar-refractivity contribution is -0.137. The molecule has 0 saturated heterocycles. The van der Waals surface area contributed by atoms with Crippen molar-refractivity contribution in [1.82, 2.24) is 9.78 Å². The molecule has 0 atom stereocenters. The number of anilines is 1. The molecule has 146 valence electrons. The monoisotopic (exact) mass is 412 g/mol. The Labute approximate surface area is 162 Å². The van der Waals surface area contributed by atoms with E-state index in [1.165, 1.54) is 6.07 Å². The van der Waals surface area contributed by atoms with Gasteiger partial charge >= 0.3 is 6.18 Å². The average molecular weight is 413 g/mol. The molecule has 0 aliphatic carbocycles. The molecule has 1 heterocycles. The number of nitrogens with one attached hydrogen (secondary N) is 1. The minimum Gasteiger partial charge on any atom is -0.326 e.